The lowest BCUT2D eigenvalue weighted by Crippen LogP contribution is -2.04. The first-order valence-corrected chi connectivity index (χ1v) is 6.50. The largest absolute Gasteiger partial charge is 0.352 e. The molecule has 0 aliphatic rings. The van der Waals surface area contributed by atoms with Crippen molar-refractivity contribution in [3.8, 4) is 0 Å². The number of carbonyl (C=O) groups is 1. The van der Waals surface area contributed by atoms with Crippen molar-refractivity contribution in [2.75, 3.05) is 0 Å². The molecule has 19 heavy (non-hydrogen) atoms. The molecule has 2 aromatic carbocycles. The van der Waals surface area contributed by atoms with E-state index in [-0.39, 0.29) is 5.78 Å². The van der Waals surface area contributed by atoms with E-state index in [4.69, 9.17) is 0 Å². The first kappa shape index (κ1) is 11.7. The van der Waals surface area contributed by atoms with E-state index in [1.165, 1.54) is 0 Å². The van der Waals surface area contributed by atoms with Crippen LogP contribution in [0.4, 0.5) is 0 Å². The molecule has 0 amide bonds. The molecule has 2 heteroatoms. The summed E-state index contributed by atoms with van der Waals surface area (Å²) < 4.78 is 0. The summed E-state index contributed by atoms with van der Waals surface area (Å²) in [6, 6.07) is 17.5. The summed E-state index contributed by atoms with van der Waals surface area (Å²) in [5.41, 5.74) is 3.57. The molecule has 0 aliphatic carbocycles. The van der Waals surface area contributed by atoms with Gasteiger partial charge in [-0.25, -0.2) is 0 Å². The Morgan fingerprint density at radius 2 is 1.68 bits per heavy atom. The predicted molar refractivity (Wildman–Crippen MR) is 77.6 cm³/mol. The van der Waals surface area contributed by atoms with Gasteiger partial charge in [0.05, 0.1) is 5.69 Å². The zero-order chi connectivity index (χ0) is 13.2. The normalized spacial score (nSPS) is 10.8. The number of para-hydroxylation sites is 1. The summed E-state index contributed by atoms with van der Waals surface area (Å²) in [5, 5.41) is 1.14. The maximum absolute atomic E-state index is 12.6. The zero-order valence-corrected chi connectivity index (χ0v) is 10.8. The Labute approximate surface area is 112 Å². The minimum atomic E-state index is 0.0636. The molecule has 2 nitrogen and oxygen atoms in total. The Hall–Kier alpha value is -2.35. The second-order valence-corrected chi connectivity index (χ2v) is 4.57. The fraction of sp³-hybridized carbons (Fsp3) is 0.118. The third kappa shape index (κ3) is 1.95. The molecule has 0 spiro atoms. The fourth-order valence-electron chi connectivity index (χ4n) is 2.49. The van der Waals surface area contributed by atoms with Crippen LogP contribution >= 0.6 is 0 Å². The molecule has 0 atom stereocenters. The summed E-state index contributed by atoms with van der Waals surface area (Å²) in [6.45, 7) is 2.08. The van der Waals surface area contributed by atoms with Crippen LogP contribution in [0.15, 0.2) is 54.6 Å². The van der Waals surface area contributed by atoms with Crippen LogP contribution in [0.25, 0.3) is 10.9 Å². The van der Waals surface area contributed by atoms with Crippen LogP contribution < -0.4 is 0 Å². The van der Waals surface area contributed by atoms with E-state index in [9.17, 15) is 4.79 Å². The van der Waals surface area contributed by atoms with Crippen molar-refractivity contribution in [3.05, 3.63) is 71.4 Å². The number of fused-ring (bicyclic) bond motifs is 1. The fourth-order valence-corrected chi connectivity index (χ4v) is 2.49. The van der Waals surface area contributed by atoms with Gasteiger partial charge in [0.15, 0.2) is 0 Å². The number of carbonyl (C=O) groups excluding carboxylic acids is 1. The molecule has 0 radical (unpaired) electrons. The van der Waals surface area contributed by atoms with E-state index >= 15 is 0 Å². The number of aryl methyl sites for hydroxylation is 1. The topological polar surface area (TPSA) is 32.9 Å². The second kappa shape index (κ2) is 4.73. The number of ketones is 1. The molecule has 1 N–H and O–H groups in total. The summed E-state index contributed by atoms with van der Waals surface area (Å²) in [4.78, 5) is 15.8. The zero-order valence-electron chi connectivity index (χ0n) is 10.8. The highest BCUT2D eigenvalue weighted by atomic mass is 16.1. The third-order valence-electron chi connectivity index (χ3n) is 3.43. The van der Waals surface area contributed by atoms with Crippen LogP contribution in [0.3, 0.4) is 0 Å². The van der Waals surface area contributed by atoms with Crippen molar-refractivity contribution in [2.45, 2.75) is 13.3 Å². The highest BCUT2D eigenvalue weighted by Gasteiger charge is 2.17. The van der Waals surface area contributed by atoms with Crippen LogP contribution in [0, 0.1) is 0 Å². The van der Waals surface area contributed by atoms with Crippen molar-refractivity contribution in [2.24, 2.45) is 0 Å². The number of H-pyrrole nitrogens is 1. The maximum Gasteiger partial charge on any atom is 0.209 e. The maximum atomic E-state index is 12.6. The highest BCUT2D eigenvalue weighted by Crippen LogP contribution is 2.24. The molecule has 0 saturated carbocycles. The molecule has 1 aromatic heterocycles. The van der Waals surface area contributed by atoms with E-state index < -0.39 is 0 Å². The van der Waals surface area contributed by atoms with Gasteiger partial charge in [-0.2, -0.15) is 0 Å². The van der Waals surface area contributed by atoms with Gasteiger partial charge < -0.3 is 4.98 Å². The lowest BCUT2D eigenvalue weighted by atomic mass is 10.0. The number of hydrogen-bond acceptors (Lipinski definition) is 1. The van der Waals surface area contributed by atoms with E-state index in [2.05, 4.69) is 18.0 Å². The smallest absolute Gasteiger partial charge is 0.209 e. The average molecular weight is 249 g/mol. The van der Waals surface area contributed by atoms with E-state index in [1.54, 1.807) is 0 Å². The highest BCUT2D eigenvalue weighted by molar-refractivity contribution is 6.11. The quantitative estimate of drug-likeness (QED) is 0.700. The molecule has 3 aromatic rings. The molecular weight excluding hydrogens is 234 g/mol. The van der Waals surface area contributed by atoms with E-state index in [0.29, 0.717) is 0 Å². The molecule has 0 aliphatic heterocycles. The molecule has 3 rings (SSSR count). The molecule has 0 bridgehead atoms. The Bertz CT molecular complexity index is 725. The van der Waals surface area contributed by atoms with Gasteiger partial charge in [-0.1, -0.05) is 55.5 Å². The first-order valence-electron chi connectivity index (χ1n) is 6.50. The molecule has 1 heterocycles. The lowest BCUT2D eigenvalue weighted by molar-refractivity contribution is 0.103. The summed E-state index contributed by atoms with van der Waals surface area (Å²) in [6.07, 6.45) is 0.845. The summed E-state index contributed by atoms with van der Waals surface area (Å²) in [7, 11) is 0. The van der Waals surface area contributed by atoms with E-state index in [1.807, 2.05) is 48.5 Å². The van der Waals surface area contributed by atoms with Crippen LogP contribution in [0.1, 0.15) is 28.5 Å². The monoisotopic (exact) mass is 249 g/mol. The third-order valence-corrected chi connectivity index (χ3v) is 3.43. The number of benzene rings is 2. The van der Waals surface area contributed by atoms with Gasteiger partial charge >= 0.3 is 0 Å². The lowest BCUT2D eigenvalue weighted by Gasteiger charge is -2.01. The van der Waals surface area contributed by atoms with Crippen molar-refractivity contribution in [1.82, 2.24) is 4.98 Å². The van der Waals surface area contributed by atoms with Gasteiger partial charge in [0.1, 0.15) is 0 Å². The SMILES string of the molecule is CCc1c(C(=O)c2ccccc2)[nH]c2ccccc12. The van der Waals surface area contributed by atoms with Crippen LogP contribution in [-0.2, 0) is 6.42 Å². The van der Waals surface area contributed by atoms with Gasteiger partial charge in [-0.05, 0) is 18.1 Å². The molecule has 0 saturated heterocycles. The minimum absolute atomic E-state index is 0.0636. The number of aromatic amines is 1. The van der Waals surface area contributed by atoms with Crippen molar-refractivity contribution in [1.29, 1.82) is 0 Å². The molecule has 0 unspecified atom stereocenters. The first-order chi connectivity index (χ1) is 9.31. The Kier molecular flexibility index (Phi) is 2.92. The number of nitrogens with one attached hydrogen (secondary N) is 1. The molecular formula is C17H15NO. The van der Waals surface area contributed by atoms with Crippen LogP contribution in [0.2, 0.25) is 0 Å². The van der Waals surface area contributed by atoms with Crippen molar-refractivity contribution in [3.63, 3.8) is 0 Å². The van der Waals surface area contributed by atoms with Gasteiger partial charge in [-0.15, -0.1) is 0 Å². The van der Waals surface area contributed by atoms with E-state index in [0.717, 1.165) is 34.1 Å². The minimum Gasteiger partial charge on any atom is -0.352 e. The van der Waals surface area contributed by atoms with Gasteiger partial charge in [0.25, 0.3) is 0 Å². The summed E-state index contributed by atoms with van der Waals surface area (Å²) >= 11 is 0. The van der Waals surface area contributed by atoms with Crippen molar-refractivity contribution >= 4 is 16.7 Å². The van der Waals surface area contributed by atoms with Gasteiger partial charge in [0, 0.05) is 16.5 Å². The molecule has 0 fully saturated rings. The Balaban J connectivity index is 2.17. The Morgan fingerprint density at radius 1 is 1.00 bits per heavy atom. The average Bonchev–Trinajstić information content (AvgIpc) is 2.85. The van der Waals surface area contributed by atoms with Gasteiger partial charge in [-0.3, -0.25) is 4.79 Å². The van der Waals surface area contributed by atoms with Gasteiger partial charge in [0.2, 0.25) is 5.78 Å². The number of aromatic nitrogens is 1. The second-order valence-electron chi connectivity index (χ2n) is 4.57. The number of hydrogen-bond donors (Lipinski definition) is 1. The molecule has 94 valence electrons. The Morgan fingerprint density at radius 3 is 2.42 bits per heavy atom. The van der Waals surface area contributed by atoms with Crippen LogP contribution in [-0.4, -0.2) is 10.8 Å². The standard InChI is InChI=1S/C17H15NO/c1-2-13-14-10-6-7-11-15(14)18-16(13)17(19)12-8-4-3-5-9-12/h3-11,18H,2H2,1H3. The predicted octanol–water partition coefficient (Wildman–Crippen LogP) is 3.96. The van der Waals surface area contributed by atoms with Crippen LogP contribution in [0.5, 0.6) is 0 Å². The summed E-state index contributed by atoms with van der Waals surface area (Å²) in [5.74, 6) is 0.0636. The van der Waals surface area contributed by atoms with Crippen molar-refractivity contribution < 1.29 is 4.79 Å². The number of rotatable bonds is 3.